The van der Waals surface area contributed by atoms with Gasteiger partial charge in [0.2, 0.25) is 0 Å². The van der Waals surface area contributed by atoms with Gasteiger partial charge in [-0.1, -0.05) is 6.07 Å². The second kappa shape index (κ2) is 4.83. The number of aromatic nitrogens is 1. The van der Waals surface area contributed by atoms with Gasteiger partial charge in [0, 0.05) is 30.4 Å². The van der Waals surface area contributed by atoms with E-state index in [4.69, 9.17) is 5.73 Å². The van der Waals surface area contributed by atoms with E-state index in [-0.39, 0.29) is 6.04 Å². The Kier molecular flexibility index (Phi) is 3.44. The molecule has 2 rings (SSSR count). The smallest absolute Gasteiger partial charge is 0.133 e. The molecule has 0 aliphatic carbocycles. The lowest BCUT2D eigenvalue weighted by Crippen LogP contribution is -2.39. The maximum atomic E-state index is 6.00. The molecular formula is C13H21N3. The maximum Gasteiger partial charge on any atom is 0.133 e. The molecule has 3 heteroatoms. The SMILES string of the molecule is CC(N)c1cccnc1N1CCCCC1C. The monoisotopic (exact) mass is 219 g/mol. The first-order chi connectivity index (χ1) is 7.70. The molecule has 0 amide bonds. The molecule has 88 valence electrons. The van der Waals surface area contributed by atoms with Gasteiger partial charge in [0.1, 0.15) is 5.82 Å². The number of hydrogen-bond donors (Lipinski definition) is 1. The quantitative estimate of drug-likeness (QED) is 0.831. The molecule has 2 atom stereocenters. The topological polar surface area (TPSA) is 42.1 Å². The van der Waals surface area contributed by atoms with Crippen LogP contribution in [0.25, 0.3) is 0 Å². The van der Waals surface area contributed by atoms with Gasteiger partial charge in [0.15, 0.2) is 0 Å². The van der Waals surface area contributed by atoms with Crippen LogP contribution in [0.1, 0.15) is 44.7 Å². The minimum atomic E-state index is 0.0535. The average molecular weight is 219 g/mol. The molecule has 1 aromatic rings. The highest BCUT2D eigenvalue weighted by Gasteiger charge is 2.22. The van der Waals surface area contributed by atoms with Crippen LogP contribution in [0, 0.1) is 0 Å². The van der Waals surface area contributed by atoms with Crippen molar-refractivity contribution in [2.45, 2.75) is 45.2 Å². The summed E-state index contributed by atoms with van der Waals surface area (Å²) in [6, 6.07) is 4.70. The molecule has 2 heterocycles. The lowest BCUT2D eigenvalue weighted by molar-refractivity contribution is 0.479. The molecule has 3 nitrogen and oxygen atoms in total. The van der Waals surface area contributed by atoms with Gasteiger partial charge in [-0.2, -0.15) is 0 Å². The summed E-state index contributed by atoms with van der Waals surface area (Å²) in [4.78, 5) is 6.92. The van der Waals surface area contributed by atoms with Crippen LogP contribution in [-0.2, 0) is 0 Å². The predicted molar refractivity (Wildman–Crippen MR) is 67.5 cm³/mol. The molecule has 0 aromatic carbocycles. The number of pyridine rings is 1. The van der Waals surface area contributed by atoms with Crippen LogP contribution in [-0.4, -0.2) is 17.6 Å². The van der Waals surface area contributed by atoms with E-state index in [1.54, 1.807) is 0 Å². The van der Waals surface area contributed by atoms with Crippen molar-refractivity contribution in [2.24, 2.45) is 5.73 Å². The van der Waals surface area contributed by atoms with E-state index in [9.17, 15) is 0 Å². The number of rotatable bonds is 2. The molecule has 1 saturated heterocycles. The van der Waals surface area contributed by atoms with Crippen molar-refractivity contribution < 1.29 is 0 Å². The highest BCUT2D eigenvalue weighted by molar-refractivity contribution is 5.49. The lowest BCUT2D eigenvalue weighted by atomic mass is 10.0. The van der Waals surface area contributed by atoms with E-state index in [0.29, 0.717) is 6.04 Å². The van der Waals surface area contributed by atoms with Crippen molar-refractivity contribution in [3.63, 3.8) is 0 Å². The number of nitrogens with two attached hydrogens (primary N) is 1. The molecule has 0 radical (unpaired) electrons. The third kappa shape index (κ3) is 2.19. The molecule has 1 fully saturated rings. The molecule has 1 aromatic heterocycles. The summed E-state index contributed by atoms with van der Waals surface area (Å²) in [7, 11) is 0. The van der Waals surface area contributed by atoms with E-state index >= 15 is 0 Å². The number of anilines is 1. The molecular weight excluding hydrogens is 198 g/mol. The van der Waals surface area contributed by atoms with Gasteiger partial charge < -0.3 is 10.6 Å². The van der Waals surface area contributed by atoms with E-state index in [1.807, 2.05) is 19.2 Å². The molecule has 2 unspecified atom stereocenters. The van der Waals surface area contributed by atoms with E-state index in [1.165, 1.54) is 19.3 Å². The van der Waals surface area contributed by atoms with E-state index in [0.717, 1.165) is 17.9 Å². The Hall–Kier alpha value is -1.09. The van der Waals surface area contributed by atoms with Gasteiger partial charge in [-0.3, -0.25) is 0 Å². The largest absolute Gasteiger partial charge is 0.354 e. The molecule has 2 N–H and O–H groups in total. The Labute approximate surface area is 97.7 Å². The van der Waals surface area contributed by atoms with Crippen LogP contribution in [0.15, 0.2) is 18.3 Å². The summed E-state index contributed by atoms with van der Waals surface area (Å²) in [5.41, 5.74) is 7.16. The van der Waals surface area contributed by atoms with Crippen LogP contribution in [0.3, 0.4) is 0 Å². The molecule has 16 heavy (non-hydrogen) atoms. The zero-order valence-electron chi connectivity index (χ0n) is 10.2. The molecule has 1 aliphatic rings. The van der Waals surface area contributed by atoms with Gasteiger partial charge in [-0.05, 0) is 39.2 Å². The Bertz CT molecular complexity index is 349. The number of piperidine rings is 1. The minimum absolute atomic E-state index is 0.0535. The molecule has 1 aliphatic heterocycles. The first-order valence-electron chi connectivity index (χ1n) is 6.17. The van der Waals surface area contributed by atoms with Crippen molar-refractivity contribution >= 4 is 5.82 Å². The fourth-order valence-electron chi connectivity index (χ4n) is 2.42. The van der Waals surface area contributed by atoms with Crippen LogP contribution in [0.5, 0.6) is 0 Å². The molecule has 0 saturated carbocycles. The van der Waals surface area contributed by atoms with E-state index in [2.05, 4.69) is 22.9 Å². The van der Waals surface area contributed by atoms with Crippen LogP contribution >= 0.6 is 0 Å². The Morgan fingerprint density at radius 1 is 1.50 bits per heavy atom. The maximum absolute atomic E-state index is 6.00. The fraction of sp³-hybridized carbons (Fsp3) is 0.615. The third-order valence-corrected chi connectivity index (χ3v) is 3.38. The molecule has 0 spiro atoms. The zero-order valence-corrected chi connectivity index (χ0v) is 10.2. The average Bonchev–Trinajstić information content (AvgIpc) is 2.29. The number of hydrogen-bond acceptors (Lipinski definition) is 3. The highest BCUT2D eigenvalue weighted by atomic mass is 15.2. The van der Waals surface area contributed by atoms with Crippen LogP contribution < -0.4 is 10.6 Å². The van der Waals surface area contributed by atoms with Crippen LogP contribution in [0.2, 0.25) is 0 Å². The van der Waals surface area contributed by atoms with Gasteiger partial charge in [-0.25, -0.2) is 4.98 Å². The first kappa shape index (κ1) is 11.4. The van der Waals surface area contributed by atoms with E-state index < -0.39 is 0 Å². The van der Waals surface area contributed by atoms with Crippen molar-refractivity contribution in [2.75, 3.05) is 11.4 Å². The second-order valence-electron chi connectivity index (χ2n) is 4.74. The van der Waals surface area contributed by atoms with Crippen LogP contribution in [0.4, 0.5) is 5.82 Å². The van der Waals surface area contributed by atoms with Crippen molar-refractivity contribution in [3.8, 4) is 0 Å². The van der Waals surface area contributed by atoms with Crippen molar-refractivity contribution in [1.82, 2.24) is 4.98 Å². The zero-order chi connectivity index (χ0) is 11.5. The Balaban J connectivity index is 2.31. The molecule has 0 bridgehead atoms. The Morgan fingerprint density at radius 2 is 2.31 bits per heavy atom. The summed E-state index contributed by atoms with van der Waals surface area (Å²) in [5.74, 6) is 1.09. The predicted octanol–water partition coefficient (Wildman–Crippen LogP) is 2.48. The standard InChI is InChI=1S/C13H21N3/c1-10-6-3-4-9-16(10)13-12(11(2)14)7-5-8-15-13/h5,7-8,10-11H,3-4,6,9,14H2,1-2H3. The van der Waals surface area contributed by atoms with Crippen molar-refractivity contribution in [3.05, 3.63) is 23.9 Å². The summed E-state index contributed by atoms with van der Waals surface area (Å²) in [5, 5.41) is 0. The van der Waals surface area contributed by atoms with Gasteiger partial charge in [-0.15, -0.1) is 0 Å². The number of nitrogens with zero attached hydrogens (tertiary/aromatic N) is 2. The summed E-state index contributed by atoms with van der Waals surface area (Å²) in [6.07, 6.45) is 5.72. The summed E-state index contributed by atoms with van der Waals surface area (Å²) < 4.78 is 0. The fourth-order valence-corrected chi connectivity index (χ4v) is 2.42. The third-order valence-electron chi connectivity index (χ3n) is 3.38. The van der Waals surface area contributed by atoms with Gasteiger partial charge >= 0.3 is 0 Å². The lowest BCUT2D eigenvalue weighted by Gasteiger charge is -2.36. The Morgan fingerprint density at radius 3 is 3.00 bits per heavy atom. The van der Waals surface area contributed by atoms with Gasteiger partial charge in [0.05, 0.1) is 0 Å². The van der Waals surface area contributed by atoms with Gasteiger partial charge in [0.25, 0.3) is 0 Å². The normalized spacial score (nSPS) is 23.2. The summed E-state index contributed by atoms with van der Waals surface area (Å²) >= 11 is 0. The van der Waals surface area contributed by atoms with Crippen molar-refractivity contribution in [1.29, 1.82) is 0 Å². The second-order valence-corrected chi connectivity index (χ2v) is 4.74. The minimum Gasteiger partial charge on any atom is -0.354 e. The summed E-state index contributed by atoms with van der Waals surface area (Å²) in [6.45, 7) is 5.41. The first-order valence-corrected chi connectivity index (χ1v) is 6.17. The highest BCUT2D eigenvalue weighted by Crippen LogP contribution is 2.28.